The Morgan fingerprint density at radius 2 is 1.63 bits per heavy atom. The first-order valence-electron chi connectivity index (χ1n) is 8.54. The average molecular weight is 423 g/mol. The zero-order valence-corrected chi connectivity index (χ0v) is 17.7. The molecule has 0 spiro atoms. The third-order valence-electron chi connectivity index (χ3n) is 3.76. The van der Waals surface area contributed by atoms with Crippen molar-refractivity contribution < 1.29 is 24.3 Å². The molecule has 4 atom stereocenters. The molecule has 0 saturated carbocycles. The number of hydrogen-bond donors (Lipinski definition) is 6. The normalized spacial score (nSPS) is 15.4. The number of amides is 3. The highest BCUT2D eigenvalue weighted by molar-refractivity contribution is 7.98. The monoisotopic (exact) mass is 422 g/mol. The largest absolute Gasteiger partial charge is 0.480 e. The van der Waals surface area contributed by atoms with Crippen molar-refractivity contribution in [3.05, 3.63) is 0 Å². The van der Waals surface area contributed by atoms with Crippen LogP contribution in [0.4, 0.5) is 0 Å². The third-order valence-corrected chi connectivity index (χ3v) is 4.77. The van der Waals surface area contributed by atoms with E-state index in [1.165, 1.54) is 6.92 Å². The van der Waals surface area contributed by atoms with Crippen molar-refractivity contribution in [2.45, 2.75) is 51.4 Å². The van der Waals surface area contributed by atoms with E-state index in [0.29, 0.717) is 6.42 Å². The van der Waals surface area contributed by atoms with Crippen LogP contribution in [0.25, 0.3) is 0 Å². The molecule has 11 heteroatoms. The van der Waals surface area contributed by atoms with Gasteiger partial charge in [0.15, 0.2) is 0 Å². The van der Waals surface area contributed by atoms with E-state index in [2.05, 4.69) is 28.6 Å². The van der Waals surface area contributed by atoms with Crippen LogP contribution in [0, 0.1) is 5.92 Å². The summed E-state index contributed by atoms with van der Waals surface area (Å²) in [6.07, 6.45) is 2.39. The van der Waals surface area contributed by atoms with Crippen molar-refractivity contribution >= 4 is 48.1 Å². The lowest BCUT2D eigenvalue weighted by Crippen LogP contribution is -2.58. The zero-order chi connectivity index (χ0) is 21.1. The minimum absolute atomic E-state index is 0.0318. The lowest BCUT2D eigenvalue weighted by atomic mass is 10.0. The topological polar surface area (TPSA) is 151 Å². The Kier molecular flexibility index (Phi) is 12.1. The number of nitrogens with two attached hydrogens (primary N) is 1. The summed E-state index contributed by atoms with van der Waals surface area (Å²) in [5.74, 6) is -2.43. The van der Waals surface area contributed by atoms with Gasteiger partial charge >= 0.3 is 5.97 Å². The maximum atomic E-state index is 12.5. The minimum Gasteiger partial charge on any atom is -0.480 e. The van der Waals surface area contributed by atoms with E-state index in [9.17, 15) is 19.2 Å². The maximum Gasteiger partial charge on any atom is 0.325 e. The van der Waals surface area contributed by atoms with Crippen LogP contribution in [0.5, 0.6) is 0 Å². The summed E-state index contributed by atoms with van der Waals surface area (Å²) in [5, 5.41) is 16.2. The van der Waals surface area contributed by atoms with Gasteiger partial charge in [-0.25, -0.2) is 0 Å². The van der Waals surface area contributed by atoms with Gasteiger partial charge < -0.3 is 26.8 Å². The molecule has 0 aromatic carbocycles. The standard InChI is InChI=1S/C16H30N4O5S2/c1-8(2)12(20-13(21)10(17)5-6-27-4)15(23)19-11(7-26)14(22)18-9(3)16(24)25/h8-12,26H,5-7,17H2,1-4H3,(H,18,22)(H,19,23)(H,20,21)(H,24,25). The van der Waals surface area contributed by atoms with Crippen molar-refractivity contribution in [3.8, 4) is 0 Å². The molecule has 27 heavy (non-hydrogen) atoms. The van der Waals surface area contributed by atoms with E-state index in [4.69, 9.17) is 10.8 Å². The van der Waals surface area contributed by atoms with Crippen molar-refractivity contribution in [2.24, 2.45) is 11.7 Å². The molecule has 4 unspecified atom stereocenters. The molecule has 0 aliphatic rings. The number of nitrogens with one attached hydrogen (secondary N) is 3. The van der Waals surface area contributed by atoms with Gasteiger partial charge in [0, 0.05) is 5.75 Å². The van der Waals surface area contributed by atoms with Crippen LogP contribution in [-0.4, -0.2) is 70.7 Å². The highest BCUT2D eigenvalue weighted by Gasteiger charge is 2.30. The zero-order valence-electron chi connectivity index (χ0n) is 16.0. The minimum atomic E-state index is -1.20. The first-order chi connectivity index (χ1) is 12.5. The molecule has 0 rings (SSSR count). The first kappa shape index (κ1) is 25.5. The number of aliphatic carboxylic acids is 1. The van der Waals surface area contributed by atoms with E-state index in [-0.39, 0.29) is 11.7 Å². The highest BCUT2D eigenvalue weighted by Crippen LogP contribution is 2.05. The summed E-state index contributed by atoms with van der Waals surface area (Å²) in [4.78, 5) is 47.7. The fraction of sp³-hybridized carbons (Fsp3) is 0.750. The molecule has 9 nitrogen and oxygen atoms in total. The second-order valence-electron chi connectivity index (χ2n) is 6.43. The van der Waals surface area contributed by atoms with Gasteiger partial charge in [-0.1, -0.05) is 13.8 Å². The van der Waals surface area contributed by atoms with Crippen LogP contribution in [0.1, 0.15) is 27.2 Å². The Balaban J connectivity index is 4.96. The van der Waals surface area contributed by atoms with Gasteiger partial charge in [0.2, 0.25) is 17.7 Å². The van der Waals surface area contributed by atoms with Crippen LogP contribution in [0.15, 0.2) is 0 Å². The summed E-state index contributed by atoms with van der Waals surface area (Å²) in [7, 11) is 0. The molecule has 0 heterocycles. The molecule has 156 valence electrons. The summed E-state index contributed by atoms with van der Waals surface area (Å²) in [5.41, 5.74) is 5.82. The molecule has 0 aliphatic heterocycles. The Bertz CT molecular complexity index is 533. The van der Waals surface area contributed by atoms with Gasteiger partial charge in [0.1, 0.15) is 18.1 Å². The molecule has 3 amide bonds. The average Bonchev–Trinajstić information content (AvgIpc) is 2.60. The fourth-order valence-electron chi connectivity index (χ4n) is 2.00. The molecule has 0 aromatic heterocycles. The van der Waals surface area contributed by atoms with Gasteiger partial charge in [-0.3, -0.25) is 19.2 Å². The Morgan fingerprint density at radius 1 is 1.04 bits per heavy atom. The molecule has 0 bridgehead atoms. The van der Waals surface area contributed by atoms with E-state index in [1.54, 1.807) is 25.6 Å². The molecule has 0 fully saturated rings. The highest BCUT2D eigenvalue weighted by atomic mass is 32.2. The summed E-state index contributed by atoms with van der Waals surface area (Å²) in [6, 6.07) is -3.76. The number of thioether (sulfide) groups is 1. The molecular weight excluding hydrogens is 392 g/mol. The van der Waals surface area contributed by atoms with E-state index in [0.717, 1.165) is 5.75 Å². The molecule has 0 aliphatic carbocycles. The number of carboxylic acids is 1. The van der Waals surface area contributed by atoms with Crippen molar-refractivity contribution in [1.29, 1.82) is 0 Å². The summed E-state index contributed by atoms with van der Waals surface area (Å²) >= 11 is 5.60. The van der Waals surface area contributed by atoms with Crippen molar-refractivity contribution in [1.82, 2.24) is 16.0 Å². The molecule has 0 aromatic rings. The van der Waals surface area contributed by atoms with Crippen LogP contribution >= 0.6 is 24.4 Å². The quantitative estimate of drug-likeness (QED) is 0.226. The third kappa shape index (κ3) is 9.34. The van der Waals surface area contributed by atoms with Crippen molar-refractivity contribution in [3.63, 3.8) is 0 Å². The van der Waals surface area contributed by atoms with Gasteiger partial charge in [0.25, 0.3) is 0 Å². The molecular formula is C16H30N4O5S2. The molecule has 0 radical (unpaired) electrons. The van der Waals surface area contributed by atoms with E-state index < -0.39 is 47.9 Å². The number of carbonyl (C=O) groups excluding carboxylic acids is 3. The second kappa shape index (κ2) is 12.8. The van der Waals surface area contributed by atoms with Gasteiger partial charge in [-0.15, -0.1) is 0 Å². The Labute approximate surface area is 169 Å². The number of hydrogen-bond acceptors (Lipinski definition) is 7. The summed E-state index contributed by atoms with van der Waals surface area (Å²) in [6.45, 7) is 4.81. The lowest BCUT2D eigenvalue weighted by molar-refractivity contribution is -0.141. The molecule has 6 N–H and O–H groups in total. The second-order valence-corrected chi connectivity index (χ2v) is 7.78. The number of rotatable bonds is 12. The fourth-order valence-corrected chi connectivity index (χ4v) is 2.75. The van der Waals surface area contributed by atoms with Crippen LogP contribution in [0.3, 0.4) is 0 Å². The molecule has 0 saturated heterocycles. The maximum absolute atomic E-state index is 12.5. The van der Waals surface area contributed by atoms with Gasteiger partial charge in [-0.05, 0) is 31.3 Å². The van der Waals surface area contributed by atoms with Gasteiger partial charge in [0.05, 0.1) is 6.04 Å². The van der Waals surface area contributed by atoms with Crippen LogP contribution in [0.2, 0.25) is 0 Å². The Morgan fingerprint density at radius 3 is 2.07 bits per heavy atom. The summed E-state index contributed by atoms with van der Waals surface area (Å²) < 4.78 is 0. The smallest absolute Gasteiger partial charge is 0.325 e. The lowest BCUT2D eigenvalue weighted by Gasteiger charge is -2.26. The van der Waals surface area contributed by atoms with Crippen LogP contribution < -0.4 is 21.7 Å². The van der Waals surface area contributed by atoms with Crippen molar-refractivity contribution in [2.75, 3.05) is 17.8 Å². The number of thiol groups is 1. The van der Waals surface area contributed by atoms with Crippen LogP contribution in [-0.2, 0) is 19.2 Å². The predicted molar refractivity (Wildman–Crippen MR) is 109 cm³/mol. The first-order valence-corrected chi connectivity index (χ1v) is 10.6. The van der Waals surface area contributed by atoms with Gasteiger partial charge in [-0.2, -0.15) is 24.4 Å². The predicted octanol–water partition coefficient (Wildman–Crippen LogP) is -0.788. The SMILES string of the molecule is CSCCC(N)C(=O)NC(C(=O)NC(CS)C(=O)NC(C)C(=O)O)C(C)C. The Hall–Kier alpha value is -1.46. The van der Waals surface area contributed by atoms with E-state index in [1.807, 2.05) is 6.26 Å². The van der Waals surface area contributed by atoms with E-state index >= 15 is 0 Å². The number of carboxylic acid groups (broad SMARTS) is 1. The number of carbonyl (C=O) groups is 4.